The van der Waals surface area contributed by atoms with Gasteiger partial charge in [-0.05, 0) is 26.3 Å². The highest BCUT2D eigenvalue weighted by Crippen LogP contribution is 2.35. The maximum Gasteiger partial charge on any atom is 0.281 e. The molecule has 1 aromatic carbocycles. The number of hydrogen-bond acceptors (Lipinski definition) is 4. The molecular weight excluding hydrogens is 270 g/mol. The predicted octanol–water partition coefficient (Wildman–Crippen LogP) is 2.76. The fraction of sp³-hybridized carbons (Fsp3) is 0.200. The van der Waals surface area contributed by atoms with Gasteiger partial charge in [-0.3, -0.25) is 4.79 Å². The first kappa shape index (κ1) is 12.9. The van der Waals surface area contributed by atoms with Crippen LogP contribution in [0.2, 0.25) is 0 Å². The van der Waals surface area contributed by atoms with E-state index in [4.69, 9.17) is 5.84 Å². The largest absolute Gasteiger partial charge is 0.335 e. The second-order valence-electron chi connectivity index (χ2n) is 4.91. The van der Waals surface area contributed by atoms with Crippen LogP contribution in [0.4, 0.5) is 0 Å². The van der Waals surface area contributed by atoms with Gasteiger partial charge in [0, 0.05) is 10.4 Å². The average Bonchev–Trinajstić information content (AvgIpc) is 2.73. The van der Waals surface area contributed by atoms with Crippen molar-refractivity contribution in [3.05, 3.63) is 50.9 Å². The number of nitrogens with two attached hydrogens (primary N) is 1. The van der Waals surface area contributed by atoms with Crippen molar-refractivity contribution in [3.8, 4) is 11.1 Å². The van der Waals surface area contributed by atoms with Crippen LogP contribution in [0.5, 0.6) is 0 Å². The summed E-state index contributed by atoms with van der Waals surface area (Å²) < 4.78 is 1.12. The zero-order valence-corrected chi connectivity index (χ0v) is 12.4. The van der Waals surface area contributed by atoms with Gasteiger partial charge in [-0.1, -0.05) is 29.8 Å². The number of thiophene rings is 1. The second kappa shape index (κ2) is 4.45. The van der Waals surface area contributed by atoms with Gasteiger partial charge in [-0.15, -0.1) is 11.3 Å². The van der Waals surface area contributed by atoms with E-state index in [1.54, 1.807) is 6.92 Å². The third-order valence-electron chi connectivity index (χ3n) is 3.45. The van der Waals surface area contributed by atoms with Crippen molar-refractivity contribution < 1.29 is 0 Å². The van der Waals surface area contributed by atoms with Gasteiger partial charge < -0.3 is 5.84 Å². The molecule has 0 aliphatic rings. The standard InChI is InChI=1S/C15H15N3OS/c1-8-4-6-11(7-5-8)12-9(2)20-14-13(12)15(19)18(16)10(3)17-14/h4-7H,16H2,1-3H3. The Labute approximate surface area is 120 Å². The molecule has 0 aliphatic carbocycles. The smallest absolute Gasteiger partial charge is 0.281 e. The summed E-state index contributed by atoms with van der Waals surface area (Å²) in [5.41, 5.74) is 2.98. The molecule has 0 fully saturated rings. The van der Waals surface area contributed by atoms with E-state index in [-0.39, 0.29) is 5.56 Å². The third kappa shape index (κ3) is 1.82. The van der Waals surface area contributed by atoms with E-state index >= 15 is 0 Å². The van der Waals surface area contributed by atoms with E-state index in [0.29, 0.717) is 11.2 Å². The van der Waals surface area contributed by atoms with Crippen LogP contribution >= 0.6 is 11.3 Å². The molecule has 2 N–H and O–H groups in total. The fourth-order valence-electron chi connectivity index (χ4n) is 2.34. The Kier molecular flexibility index (Phi) is 2.87. The quantitative estimate of drug-likeness (QED) is 0.699. The monoisotopic (exact) mass is 285 g/mol. The summed E-state index contributed by atoms with van der Waals surface area (Å²) in [6.07, 6.45) is 0. The molecule has 102 valence electrons. The minimum Gasteiger partial charge on any atom is -0.335 e. The number of aromatic nitrogens is 2. The highest BCUT2D eigenvalue weighted by molar-refractivity contribution is 7.19. The van der Waals surface area contributed by atoms with Crippen molar-refractivity contribution in [2.45, 2.75) is 20.8 Å². The Morgan fingerprint density at radius 2 is 1.80 bits per heavy atom. The number of aryl methyl sites for hydroxylation is 3. The lowest BCUT2D eigenvalue weighted by Gasteiger charge is -2.05. The molecule has 20 heavy (non-hydrogen) atoms. The Morgan fingerprint density at radius 3 is 2.45 bits per heavy atom. The molecule has 0 saturated heterocycles. The first-order chi connectivity index (χ1) is 9.49. The number of fused-ring (bicyclic) bond motifs is 1. The maximum absolute atomic E-state index is 12.4. The lowest BCUT2D eigenvalue weighted by atomic mass is 10.0. The van der Waals surface area contributed by atoms with Gasteiger partial charge in [0.1, 0.15) is 10.7 Å². The highest BCUT2D eigenvalue weighted by atomic mass is 32.1. The van der Waals surface area contributed by atoms with Gasteiger partial charge in [0.25, 0.3) is 5.56 Å². The third-order valence-corrected chi connectivity index (χ3v) is 4.45. The normalized spacial score (nSPS) is 11.2. The van der Waals surface area contributed by atoms with Crippen molar-refractivity contribution in [1.82, 2.24) is 9.66 Å². The van der Waals surface area contributed by atoms with Crippen LogP contribution < -0.4 is 11.4 Å². The SMILES string of the molecule is Cc1ccc(-c2c(C)sc3nc(C)n(N)c(=O)c23)cc1. The first-order valence-corrected chi connectivity index (χ1v) is 7.15. The molecule has 0 saturated carbocycles. The van der Waals surface area contributed by atoms with Gasteiger partial charge in [-0.2, -0.15) is 0 Å². The number of rotatable bonds is 1. The van der Waals surface area contributed by atoms with Crippen molar-refractivity contribution >= 4 is 21.6 Å². The van der Waals surface area contributed by atoms with E-state index in [1.807, 2.05) is 38.1 Å². The minimum atomic E-state index is -0.188. The molecule has 0 aliphatic heterocycles. The number of hydrogen-bond donors (Lipinski definition) is 1. The molecule has 0 radical (unpaired) electrons. The van der Waals surface area contributed by atoms with E-state index in [9.17, 15) is 4.79 Å². The Bertz CT molecular complexity index is 859. The molecule has 3 aromatic rings. The molecule has 0 bridgehead atoms. The first-order valence-electron chi connectivity index (χ1n) is 6.34. The Morgan fingerprint density at radius 1 is 1.15 bits per heavy atom. The Balaban J connectivity index is 2.42. The van der Waals surface area contributed by atoms with Crippen LogP contribution in [0, 0.1) is 20.8 Å². The summed E-state index contributed by atoms with van der Waals surface area (Å²) in [6, 6.07) is 8.15. The summed E-state index contributed by atoms with van der Waals surface area (Å²) in [4.78, 5) is 18.7. The lowest BCUT2D eigenvalue weighted by Crippen LogP contribution is -2.30. The zero-order valence-electron chi connectivity index (χ0n) is 11.6. The average molecular weight is 285 g/mol. The fourth-order valence-corrected chi connectivity index (χ4v) is 3.42. The zero-order chi connectivity index (χ0) is 14.4. The molecule has 0 spiro atoms. The van der Waals surface area contributed by atoms with Crippen LogP contribution in [0.25, 0.3) is 21.3 Å². The molecule has 0 atom stereocenters. The van der Waals surface area contributed by atoms with E-state index in [2.05, 4.69) is 4.98 Å². The van der Waals surface area contributed by atoms with Crippen molar-refractivity contribution in [2.75, 3.05) is 5.84 Å². The molecular formula is C15H15N3OS. The summed E-state index contributed by atoms with van der Waals surface area (Å²) in [5.74, 6) is 6.30. The van der Waals surface area contributed by atoms with Crippen LogP contribution in [-0.2, 0) is 0 Å². The lowest BCUT2D eigenvalue weighted by molar-refractivity contribution is 0.855. The van der Waals surface area contributed by atoms with Crippen LogP contribution in [-0.4, -0.2) is 9.66 Å². The van der Waals surface area contributed by atoms with Crippen LogP contribution in [0.3, 0.4) is 0 Å². The Hall–Kier alpha value is -2.14. The van der Waals surface area contributed by atoms with E-state index in [1.165, 1.54) is 16.9 Å². The molecule has 2 aromatic heterocycles. The van der Waals surface area contributed by atoms with Gasteiger partial charge in [0.2, 0.25) is 0 Å². The van der Waals surface area contributed by atoms with Crippen LogP contribution in [0.1, 0.15) is 16.3 Å². The predicted molar refractivity (Wildman–Crippen MR) is 83.7 cm³/mol. The van der Waals surface area contributed by atoms with E-state index < -0.39 is 0 Å². The molecule has 3 rings (SSSR count). The molecule has 0 unspecified atom stereocenters. The number of nitrogen functional groups attached to an aromatic ring is 1. The topological polar surface area (TPSA) is 60.9 Å². The summed E-state index contributed by atoms with van der Waals surface area (Å²) in [7, 11) is 0. The molecule has 0 amide bonds. The van der Waals surface area contributed by atoms with Gasteiger partial charge in [0.05, 0.1) is 5.39 Å². The minimum absolute atomic E-state index is 0.188. The van der Waals surface area contributed by atoms with Gasteiger partial charge in [-0.25, -0.2) is 9.66 Å². The molecule has 2 heterocycles. The summed E-state index contributed by atoms with van der Waals surface area (Å²) >= 11 is 1.53. The maximum atomic E-state index is 12.4. The number of nitrogens with zero attached hydrogens (tertiary/aromatic N) is 2. The summed E-state index contributed by atoms with van der Waals surface area (Å²) in [6.45, 7) is 5.79. The van der Waals surface area contributed by atoms with Crippen molar-refractivity contribution in [1.29, 1.82) is 0 Å². The van der Waals surface area contributed by atoms with Crippen LogP contribution in [0.15, 0.2) is 29.1 Å². The highest BCUT2D eigenvalue weighted by Gasteiger charge is 2.17. The van der Waals surface area contributed by atoms with Gasteiger partial charge in [0.15, 0.2) is 0 Å². The van der Waals surface area contributed by atoms with Gasteiger partial charge >= 0.3 is 0 Å². The molecule has 5 heteroatoms. The summed E-state index contributed by atoms with van der Waals surface area (Å²) in [5, 5.41) is 0.615. The second-order valence-corrected chi connectivity index (χ2v) is 6.12. The van der Waals surface area contributed by atoms with Crippen molar-refractivity contribution in [3.63, 3.8) is 0 Å². The number of benzene rings is 1. The molecule has 4 nitrogen and oxygen atoms in total. The van der Waals surface area contributed by atoms with Crippen molar-refractivity contribution in [2.24, 2.45) is 0 Å². The van der Waals surface area contributed by atoms with E-state index in [0.717, 1.165) is 25.5 Å².